The van der Waals surface area contributed by atoms with Gasteiger partial charge in [0.1, 0.15) is 0 Å². The van der Waals surface area contributed by atoms with Gasteiger partial charge < -0.3 is 10.6 Å². The van der Waals surface area contributed by atoms with E-state index in [0.717, 1.165) is 12.5 Å². The van der Waals surface area contributed by atoms with Gasteiger partial charge in [-0.05, 0) is 25.3 Å². The van der Waals surface area contributed by atoms with Gasteiger partial charge in [0.05, 0.1) is 6.54 Å². The van der Waals surface area contributed by atoms with Crippen LogP contribution in [0.2, 0.25) is 0 Å². The SMILES string of the molecule is FC(F)(F)CNCCNCC1CC1. The first-order chi connectivity index (χ1) is 6.08. The molecule has 2 nitrogen and oxygen atoms in total. The zero-order valence-corrected chi connectivity index (χ0v) is 7.45. The lowest BCUT2D eigenvalue weighted by molar-refractivity contribution is -0.124. The summed E-state index contributed by atoms with van der Waals surface area (Å²) in [5.74, 6) is 0.780. The van der Waals surface area contributed by atoms with E-state index in [1.165, 1.54) is 12.8 Å². The molecule has 1 saturated carbocycles. The van der Waals surface area contributed by atoms with Crippen LogP contribution in [-0.4, -0.2) is 32.4 Å². The number of halogens is 3. The van der Waals surface area contributed by atoms with Crippen LogP contribution >= 0.6 is 0 Å². The summed E-state index contributed by atoms with van der Waals surface area (Å²) in [5, 5.41) is 5.44. The third-order valence-corrected chi connectivity index (χ3v) is 1.93. The maximum absolute atomic E-state index is 11.6. The summed E-state index contributed by atoms with van der Waals surface area (Å²) < 4.78 is 34.9. The van der Waals surface area contributed by atoms with Crippen molar-refractivity contribution in [2.24, 2.45) is 5.92 Å². The van der Waals surface area contributed by atoms with E-state index in [-0.39, 0.29) is 0 Å². The highest BCUT2D eigenvalue weighted by Gasteiger charge is 2.26. The molecule has 0 aliphatic heterocycles. The van der Waals surface area contributed by atoms with Crippen molar-refractivity contribution in [3.8, 4) is 0 Å². The van der Waals surface area contributed by atoms with Gasteiger partial charge >= 0.3 is 6.18 Å². The molecule has 1 rings (SSSR count). The average Bonchev–Trinajstić information content (AvgIpc) is 2.77. The van der Waals surface area contributed by atoms with Gasteiger partial charge in [0, 0.05) is 13.1 Å². The van der Waals surface area contributed by atoms with Gasteiger partial charge in [0.25, 0.3) is 0 Å². The van der Waals surface area contributed by atoms with Crippen molar-refractivity contribution < 1.29 is 13.2 Å². The number of nitrogens with one attached hydrogen (secondary N) is 2. The van der Waals surface area contributed by atoms with E-state index < -0.39 is 12.7 Å². The summed E-state index contributed by atoms with van der Waals surface area (Å²) in [6.45, 7) is 1.06. The Morgan fingerprint density at radius 3 is 2.23 bits per heavy atom. The van der Waals surface area contributed by atoms with Crippen molar-refractivity contribution in [1.29, 1.82) is 0 Å². The summed E-state index contributed by atoms with van der Waals surface area (Å²) in [5.41, 5.74) is 0. The van der Waals surface area contributed by atoms with Crippen LogP contribution in [0.1, 0.15) is 12.8 Å². The molecule has 78 valence electrons. The Bertz CT molecular complexity index is 143. The molecule has 1 aliphatic carbocycles. The number of rotatable bonds is 6. The van der Waals surface area contributed by atoms with E-state index in [1.807, 2.05) is 0 Å². The molecule has 0 saturated heterocycles. The Labute approximate surface area is 75.9 Å². The van der Waals surface area contributed by atoms with Gasteiger partial charge in [0.2, 0.25) is 0 Å². The fraction of sp³-hybridized carbons (Fsp3) is 1.00. The van der Waals surface area contributed by atoms with Crippen LogP contribution in [0, 0.1) is 5.92 Å². The Balaban J connectivity index is 1.78. The molecule has 0 unspecified atom stereocenters. The van der Waals surface area contributed by atoms with Crippen molar-refractivity contribution in [1.82, 2.24) is 10.6 Å². The minimum atomic E-state index is -4.09. The average molecular weight is 196 g/mol. The van der Waals surface area contributed by atoms with Gasteiger partial charge in [-0.1, -0.05) is 0 Å². The molecule has 0 amide bonds. The molecule has 2 N–H and O–H groups in total. The van der Waals surface area contributed by atoms with Crippen molar-refractivity contribution >= 4 is 0 Å². The smallest absolute Gasteiger partial charge is 0.315 e. The van der Waals surface area contributed by atoms with E-state index in [9.17, 15) is 13.2 Å². The van der Waals surface area contributed by atoms with E-state index in [4.69, 9.17) is 0 Å². The predicted molar refractivity (Wildman–Crippen MR) is 44.5 cm³/mol. The Morgan fingerprint density at radius 2 is 1.69 bits per heavy atom. The zero-order chi connectivity index (χ0) is 9.73. The van der Waals surface area contributed by atoms with Crippen LogP contribution in [0.3, 0.4) is 0 Å². The van der Waals surface area contributed by atoms with Gasteiger partial charge in [-0.2, -0.15) is 13.2 Å². The molecule has 5 heteroatoms. The molecule has 0 bridgehead atoms. The van der Waals surface area contributed by atoms with Crippen molar-refractivity contribution in [3.63, 3.8) is 0 Å². The predicted octanol–water partition coefficient (Wildman–Crippen LogP) is 1.14. The quantitative estimate of drug-likeness (QED) is 0.622. The fourth-order valence-corrected chi connectivity index (χ4v) is 1.04. The minimum Gasteiger partial charge on any atom is -0.315 e. The second kappa shape index (κ2) is 4.81. The van der Waals surface area contributed by atoms with Gasteiger partial charge in [0.15, 0.2) is 0 Å². The molecule has 0 aromatic heterocycles. The molecule has 1 fully saturated rings. The molecule has 13 heavy (non-hydrogen) atoms. The van der Waals surface area contributed by atoms with Crippen LogP contribution in [0.4, 0.5) is 13.2 Å². The first-order valence-corrected chi connectivity index (χ1v) is 4.56. The van der Waals surface area contributed by atoms with Gasteiger partial charge in [-0.25, -0.2) is 0 Å². The fourth-order valence-electron chi connectivity index (χ4n) is 1.04. The van der Waals surface area contributed by atoms with Gasteiger partial charge in [-0.15, -0.1) is 0 Å². The Hall–Kier alpha value is -0.290. The van der Waals surface area contributed by atoms with E-state index in [0.29, 0.717) is 13.1 Å². The number of hydrogen-bond acceptors (Lipinski definition) is 2. The molecule has 1 aliphatic rings. The normalized spacial score (nSPS) is 17.8. The topological polar surface area (TPSA) is 24.1 Å². The summed E-state index contributed by atoms with van der Waals surface area (Å²) in [7, 11) is 0. The van der Waals surface area contributed by atoms with E-state index in [1.54, 1.807) is 0 Å². The molecule has 0 radical (unpaired) electrons. The minimum absolute atomic E-state index is 0.381. The lowest BCUT2D eigenvalue weighted by Gasteiger charge is -2.08. The standard InChI is InChI=1S/C8H15F3N2/c9-8(10,11)6-13-4-3-12-5-7-1-2-7/h7,12-13H,1-6H2. The zero-order valence-electron chi connectivity index (χ0n) is 7.45. The molecular weight excluding hydrogens is 181 g/mol. The third-order valence-electron chi connectivity index (χ3n) is 1.93. The largest absolute Gasteiger partial charge is 0.401 e. The first kappa shape index (κ1) is 10.8. The highest BCUT2D eigenvalue weighted by molar-refractivity contribution is 4.75. The highest BCUT2D eigenvalue weighted by atomic mass is 19.4. The second-order valence-corrected chi connectivity index (χ2v) is 3.44. The van der Waals surface area contributed by atoms with Crippen LogP contribution in [0.15, 0.2) is 0 Å². The molecule has 0 atom stereocenters. The number of hydrogen-bond donors (Lipinski definition) is 2. The van der Waals surface area contributed by atoms with Crippen LogP contribution in [0.5, 0.6) is 0 Å². The van der Waals surface area contributed by atoms with Crippen molar-refractivity contribution in [3.05, 3.63) is 0 Å². The second-order valence-electron chi connectivity index (χ2n) is 3.44. The molecule has 0 heterocycles. The van der Waals surface area contributed by atoms with Crippen molar-refractivity contribution in [2.45, 2.75) is 19.0 Å². The van der Waals surface area contributed by atoms with E-state index in [2.05, 4.69) is 10.6 Å². The molecule has 0 spiro atoms. The maximum Gasteiger partial charge on any atom is 0.401 e. The highest BCUT2D eigenvalue weighted by Crippen LogP contribution is 2.27. The molecule has 0 aromatic carbocycles. The third kappa shape index (κ3) is 6.83. The summed E-state index contributed by atoms with van der Waals surface area (Å²) in [6.07, 6.45) is -1.55. The maximum atomic E-state index is 11.6. The van der Waals surface area contributed by atoms with Gasteiger partial charge in [-0.3, -0.25) is 0 Å². The van der Waals surface area contributed by atoms with Crippen LogP contribution < -0.4 is 10.6 Å². The van der Waals surface area contributed by atoms with Crippen molar-refractivity contribution in [2.75, 3.05) is 26.2 Å². The Kier molecular flexibility index (Phi) is 3.99. The Morgan fingerprint density at radius 1 is 1.08 bits per heavy atom. The lowest BCUT2D eigenvalue weighted by atomic mass is 10.4. The van der Waals surface area contributed by atoms with Crippen LogP contribution in [0.25, 0.3) is 0 Å². The first-order valence-electron chi connectivity index (χ1n) is 4.56. The number of alkyl halides is 3. The summed E-state index contributed by atoms with van der Waals surface area (Å²) in [6, 6.07) is 0. The molecule has 0 aromatic rings. The van der Waals surface area contributed by atoms with E-state index >= 15 is 0 Å². The monoisotopic (exact) mass is 196 g/mol. The molecular formula is C8H15F3N2. The van der Waals surface area contributed by atoms with Crippen LogP contribution in [-0.2, 0) is 0 Å². The summed E-state index contributed by atoms with van der Waals surface area (Å²) in [4.78, 5) is 0. The summed E-state index contributed by atoms with van der Waals surface area (Å²) >= 11 is 0. The lowest BCUT2D eigenvalue weighted by Crippen LogP contribution is -2.34.